The van der Waals surface area contributed by atoms with Gasteiger partial charge >= 0.3 is 0 Å². The fourth-order valence-electron chi connectivity index (χ4n) is 1.99. The molecule has 0 saturated carbocycles. The van der Waals surface area contributed by atoms with Gasteiger partial charge in [0.05, 0.1) is 0 Å². The molecule has 1 fully saturated rings. The molecule has 0 spiro atoms. The molecule has 1 saturated heterocycles. The number of piperazine rings is 1. The predicted octanol–water partition coefficient (Wildman–Crippen LogP) is -0.181. The Hall–Kier alpha value is -1.62. The molecular weight excluding hydrogens is 218 g/mol. The lowest BCUT2D eigenvalue weighted by Gasteiger charge is -2.34. The maximum Gasteiger partial charge on any atom is 0.254 e. The molecule has 92 valence electrons. The molecule has 17 heavy (non-hydrogen) atoms. The van der Waals surface area contributed by atoms with Crippen LogP contribution in [0.2, 0.25) is 0 Å². The first-order valence-electron chi connectivity index (χ1n) is 5.78. The molecule has 0 aliphatic carbocycles. The number of carbonyl (C=O) groups excluding carboxylic acids is 1. The number of amides is 1. The normalized spacial score (nSPS) is 20.4. The highest BCUT2D eigenvalue weighted by Crippen LogP contribution is 2.08. The third-order valence-electron chi connectivity index (χ3n) is 3.11. The van der Waals surface area contributed by atoms with Gasteiger partial charge in [-0.3, -0.25) is 9.59 Å². The van der Waals surface area contributed by atoms with Crippen LogP contribution in [0.25, 0.3) is 0 Å². The quantitative estimate of drug-likeness (QED) is 0.734. The van der Waals surface area contributed by atoms with Crippen molar-refractivity contribution in [3.8, 4) is 0 Å². The van der Waals surface area contributed by atoms with Crippen molar-refractivity contribution in [1.29, 1.82) is 0 Å². The van der Waals surface area contributed by atoms with Crippen molar-refractivity contribution in [2.45, 2.75) is 13.0 Å². The summed E-state index contributed by atoms with van der Waals surface area (Å²) >= 11 is 0. The van der Waals surface area contributed by atoms with Crippen LogP contribution in [0.15, 0.2) is 23.1 Å². The minimum atomic E-state index is -0.154. The van der Waals surface area contributed by atoms with E-state index < -0.39 is 0 Å². The molecule has 5 nitrogen and oxygen atoms in total. The van der Waals surface area contributed by atoms with Crippen LogP contribution in [0, 0.1) is 0 Å². The molecule has 0 bridgehead atoms. The number of nitrogens with zero attached hydrogens (tertiary/aromatic N) is 2. The standard InChI is InChI=1S/C12H17N3O2/c1-9-8-13-4-6-15(9)12(17)10-3-5-14(2)11(16)7-10/h3,5,7,9,13H,4,6,8H2,1-2H3. The van der Waals surface area contributed by atoms with Gasteiger partial charge in [0.25, 0.3) is 11.5 Å². The molecule has 0 radical (unpaired) electrons. The zero-order valence-electron chi connectivity index (χ0n) is 10.1. The van der Waals surface area contributed by atoms with Crippen molar-refractivity contribution in [2.24, 2.45) is 7.05 Å². The number of pyridine rings is 1. The lowest BCUT2D eigenvalue weighted by atomic mass is 10.1. The van der Waals surface area contributed by atoms with Gasteiger partial charge in [-0.15, -0.1) is 0 Å². The maximum absolute atomic E-state index is 12.2. The van der Waals surface area contributed by atoms with E-state index in [2.05, 4.69) is 5.32 Å². The summed E-state index contributed by atoms with van der Waals surface area (Å²) in [5, 5.41) is 3.23. The molecule has 0 aromatic carbocycles. The van der Waals surface area contributed by atoms with E-state index in [0.29, 0.717) is 12.1 Å². The van der Waals surface area contributed by atoms with E-state index in [-0.39, 0.29) is 17.5 Å². The summed E-state index contributed by atoms with van der Waals surface area (Å²) in [6, 6.07) is 3.26. The van der Waals surface area contributed by atoms with Crippen molar-refractivity contribution in [3.63, 3.8) is 0 Å². The van der Waals surface area contributed by atoms with Crippen LogP contribution in [0.1, 0.15) is 17.3 Å². The SMILES string of the molecule is CC1CNCCN1C(=O)c1ccn(C)c(=O)c1. The molecule has 2 heterocycles. The fourth-order valence-corrected chi connectivity index (χ4v) is 1.99. The molecule has 1 unspecified atom stereocenters. The molecule has 1 aromatic rings. The molecule has 1 N–H and O–H groups in total. The Morgan fingerprint density at radius 3 is 2.94 bits per heavy atom. The van der Waals surface area contributed by atoms with E-state index in [1.54, 1.807) is 19.3 Å². The van der Waals surface area contributed by atoms with Gasteiger partial charge in [-0.1, -0.05) is 0 Å². The first-order chi connectivity index (χ1) is 8.09. The van der Waals surface area contributed by atoms with Crippen LogP contribution in [-0.4, -0.2) is 41.1 Å². The lowest BCUT2D eigenvalue weighted by molar-refractivity contribution is 0.0655. The molecule has 5 heteroatoms. The average molecular weight is 235 g/mol. The Labute approximate surface area is 100 Å². The highest BCUT2D eigenvalue weighted by molar-refractivity contribution is 5.94. The summed E-state index contributed by atoms with van der Waals surface area (Å²) in [6.07, 6.45) is 1.63. The predicted molar refractivity (Wildman–Crippen MR) is 65.1 cm³/mol. The fraction of sp³-hybridized carbons (Fsp3) is 0.500. The van der Waals surface area contributed by atoms with Crippen molar-refractivity contribution >= 4 is 5.91 Å². The second-order valence-corrected chi connectivity index (χ2v) is 4.42. The van der Waals surface area contributed by atoms with Gasteiger partial charge in [-0.2, -0.15) is 0 Å². The molecule has 1 aromatic heterocycles. The Kier molecular flexibility index (Phi) is 3.28. The van der Waals surface area contributed by atoms with E-state index in [1.807, 2.05) is 11.8 Å². The summed E-state index contributed by atoms with van der Waals surface area (Å²) in [5.41, 5.74) is 0.320. The summed E-state index contributed by atoms with van der Waals surface area (Å²) in [7, 11) is 1.67. The van der Waals surface area contributed by atoms with E-state index in [4.69, 9.17) is 0 Å². The second kappa shape index (κ2) is 4.71. The van der Waals surface area contributed by atoms with Crippen LogP contribution >= 0.6 is 0 Å². The minimum absolute atomic E-state index is 0.0586. The number of nitrogens with one attached hydrogen (secondary N) is 1. The molecule has 2 rings (SSSR count). The zero-order valence-corrected chi connectivity index (χ0v) is 10.1. The Bertz CT molecular complexity index is 481. The van der Waals surface area contributed by atoms with Gasteiger partial charge in [0.15, 0.2) is 0 Å². The van der Waals surface area contributed by atoms with Crippen molar-refractivity contribution in [3.05, 3.63) is 34.2 Å². The number of aryl methyl sites for hydroxylation is 1. The number of hydrogen-bond donors (Lipinski definition) is 1. The number of hydrogen-bond acceptors (Lipinski definition) is 3. The zero-order chi connectivity index (χ0) is 12.4. The molecular formula is C12H17N3O2. The largest absolute Gasteiger partial charge is 0.333 e. The van der Waals surface area contributed by atoms with Crippen LogP contribution in [0.3, 0.4) is 0 Å². The van der Waals surface area contributed by atoms with E-state index in [0.717, 1.165) is 13.1 Å². The van der Waals surface area contributed by atoms with Crippen LogP contribution < -0.4 is 10.9 Å². The third kappa shape index (κ3) is 2.39. The van der Waals surface area contributed by atoms with Crippen molar-refractivity contribution < 1.29 is 4.79 Å². The van der Waals surface area contributed by atoms with Crippen LogP contribution in [-0.2, 0) is 7.05 Å². The highest BCUT2D eigenvalue weighted by Gasteiger charge is 2.24. The monoisotopic (exact) mass is 235 g/mol. The highest BCUT2D eigenvalue weighted by atomic mass is 16.2. The van der Waals surface area contributed by atoms with Gasteiger partial charge < -0.3 is 14.8 Å². The van der Waals surface area contributed by atoms with E-state index in [1.165, 1.54) is 10.6 Å². The summed E-state index contributed by atoms with van der Waals surface area (Å²) in [6.45, 7) is 4.30. The third-order valence-corrected chi connectivity index (χ3v) is 3.11. The summed E-state index contributed by atoms with van der Waals surface area (Å²) in [4.78, 5) is 25.5. The summed E-state index contributed by atoms with van der Waals surface area (Å²) in [5.74, 6) is -0.0586. The van der Waals surface area contributed by atoms with Gasteiger partial charge in [0.1, 0.15) is 0 Å². The maximum atomic E-state index is 12.2. The van der Waals surface area contributed by atoms with E-state index in [9.17, 15) is 9.59 Å². The number of rotatable bonds is 1. The molecule has 1 amide bonds. The smallest absolute Gasteiger partial charge is 0.254 e. The Morgan fingerprint density at radius 1 is 1.53 bits per heavy atom. The first kappa shape index (κ1) is 11.9. The topological polar surface area (TPSA) is 54.3 Å². The Morgan fingerprint density at radius 2 is 2.29 bits per heavy atom. The number of aromatic nitrogens is 1. The van der Waals surface area contributed by atoms with Gasteiger partial charge in [0, 0.05) is 50.6 Å². The number of carbonyl (C=O) groups is 1. The van der Waals surface area contributed by atoms with Gasteiger partial charge in [0.2, 0.25) is 0 Å². The van der Waals surface area contributed by atoms with Gasteiger partial charge in [-0.25, -0.2) is 0 Å². The molecule has 1 atom stereocenters. The van der Waals surface area contributed by atoms with Crippen LogP contribution in [0.5, 0.6) is 0 Å². The minimum Gasteiger partial charge on any atom is -0.333 e. The second-order valence-electron chi connectivity index (χ2n) is 4.42. The lowest BCUT2D eigenvalue weighted by Crippen LogP contribution is -2.52. The molecule has 1 aliphatic heterocycles. The Balaban J connectivity index is 2.24. The van der Waals surface area contributed by atoms with Gasteiger partial charge in [-0.05, 0) is 13.0 Å². The summed E-state index contributed by atoms with van der Waals surface area (Å²) < 4.78 is 1.46. The van der Waals surface area contributed by atoms with Crippen LogP contribution in [0.4, 0.5) is 0 Å². The first-order valence-corrected chi connectivity index (χ1v) is 5.78. The average Bonchev–Trinajstić information content (AvgIpc) is 2.32. The van der Waals surface area contributed by atoms with Crippen molar-refractivity contribution in [2.75, 3.05) is 19.6 Å². The molecule has 1 aliphatic rings. The van der Waals surface area contributed by atoms with Crippen molar-refractivity contribution in [1.82, 2.24) is 14.8 Å². The van der Waals surface area contributed by atoms with E-state index >= 15 is 0 Å².